The Hall–Kier alpha value is -2.01. The zero-order valence-electron chi connectivity index (χ0n) is 12.8. The van der Waals surface area contributed by atoms with Gasteiger partial charge in [-0.1, -0.05) is 0 Å². The molecule has 0 bridgehead atoms. The molecular weight excluding hydrogens is 270 g/mol. The minimum atomic E-state index is -0.548. The van der Waals surface area contributed by atoms with Gasteiger partial charge in [0.2, 0.25) is 0 Å². The normalized spacial score (nSPS) is 11.7. The number of nitrogens with zero attached hydrogens (tertiary/aromatic N) is 1. The molecule has 5 nitrogen and oxygen atoms in total. The smallest absolute Gasteiger partial charge is 0.418 e. The summed E-state index contributed by atoms with van der Waals surface area (Å²) in [7, 11) is 1.59. The largest absolute Gasteiger partial charge is 0.496 e. The summed E-state index contributed by atoms with van der Waals surface area (Å²) in [4.78, 5) is 12.2. The van der Waals surface area contributed by atoms with Crippen molar-refractivity contribution < 1.29 is 19.4 Å². The van der Waals surface area contributed by atoms with Gasteiger partial charge in [0, 0.05) is 18.2 Å². The SMILES string of the molecule is COc1cc2ccn(C(=O)OC(C)(C)C)c2cc1CCO. The predicted octanol–water partition coefficient (Wildman–Crippen LogP) is 2.97. The third kappa shape index (κ3) is 3.36. The van der Waals surface area contributed by atoms with Crippen LogP contribution in [0.15, 0.2) is 24.4 Å². The molecule has 0 amide bonds. The molecule has 1 aromatic heterocycles. The predicted molar refractivity (Wildman–Crippen MR) is 80.9 cm³/mol. The summed E-state index contributed by atoms with van der Waals surface area (Å²) < 4.78 is 12.2. The fraction of sp³-hybridized carbons (Fsp3) is 0.438. The van der Waals surface area contributed by atoms with Crippen LogP contribution in [-0.2, 0) is 11.2 Å². The van der Waals surface area contributed by atoms with Crippen LogP contribution in [0.1, 0.15) is 26.3 Å². The first-order valence-corrected chi connectivity index (χ1v) is 6.88. The first-order chi connectivity index (χ1) is 9.85. The number of carbonyl (C=O) groups excluding carboxylic acids is 1. The molecule has 0 spiro atoms. The van der Waals surface area contributed by atoms with Crippen molar-refractivity contribution in [3.63, 3.8) is 0 Å². The van der Waals surface area contributed by atoms with Crippen molar-refractivity contribution >= 4 is 17.0 Å². The van der Waals surface area contributed by atoms with Gasteiger partial charge < -0.3 is 14.6 Å². The number of ether oxygens (including phenoxy) is 2. The molecule has 0 saturated carbocycles. The minimum absolute atomic E-state index is 0.0228. The molecule has 0 aliphatic heterocycles. The van der Waals surface area contributed by atoms with E-state index in [4.69, 9.17) is 14.6 Å². The molecule has 2 aromatic rings. The van der Waals surface area contributed by atoms with Gasteiger partial charge in [0.15, 0.2) is 0 Å². The lowest BCUT2D eigenvalue weighted by Crippen LogP contribution is -2.26. The Balaban J connectivity index is 2.47. The van der Waals surface area contributed by atoms with Crippen molar-refractivity contribution in [1.29, 1.82) is 0 Å². The molecule has 1 heterocycles. The lowest BCUT2D eigenvalue weighted by atomic mass is 10.1. The van der Waals surface area contributed by atoms with E-state index in [0.29, 0.717) is 12.2 Å². The van der Waals surface area contributed by atoms with Crippen LogP contribution in [0.4, 0.5) is 4.79 Å². The summed E-state index contributed by atoms with van der Waals surface area (Å²) in [5, 5.41) is 10.0. The lowest BCUT2D eigenvalue weighted by molar-refractivity contribution is 0.0544. The van der Waals surface area contributed by atoms with E-state index in [1.54, 1.807) is 13.3 Å². The van der Waals surface area contributed by atoms with Crippen molar-refractivity contribution in [2.75, 3.05) is 13.7 Å². The highest BCUT2D eigenvalue weighted by Gasteiger charge is 2.19. The van der Waals surface area contributed by atoms with E-state index in [0.717, 1.165) is 16.5 Å². The van der Waals surface area contributed by atoms with E-state index in [2.05, 4.69) is 0 Å². The van der Waals surface area contributed by atoms with Crippen LogP contribution in [0, 0.1) is 0 Å². The second kappa shape index (κ2) is 5.77. The van der Waals surface area contributed by atoms with E-state index in [9.17, 15) is 4.79 Å². The van der Waals surface area contributed by atoms with Gasteiger partial charge >= 0.3 is 6.09 Å². The number of aliphatic hydroxyl groups excluding tert-OH is 1. The molecule has 1 aromatic carbocycles. The van der Waals surface area contributed by atoms with E-state index in [1.165, 1.54) is 4.57 Å². The molecule has 2 rings (SSSR count). The van der Waals surface area contributed by atoms with Crippen molar-refractivity contribution in [3.05, 3.63) is 30.0 Å². The fourth-order valence-electron chi connectivity index (χ4n) is 2.18. The maximum Gasteiger partial charge on any atom is 0.418 e. The molecule has 21 heavy (non-hydrogen) atoms. The standard InChI is InChI=1S/C16H21NO4/c1-16(2,3)21-15(19)17-7-5-11-10-14(20-4)12(6-8-18)9-13(11)17/h5,7,9-10,18H,6,8H2,1-4H3. The molecule has 0 fully saturated rings. The highest BCUT2D eigenvalue weighted by molar-refractivity contribution is 5.91. The van der Waals surface area contributed by atoms with Gasteiger partial charge in [-0.05, 0) is 51.0 Å². The first kappa shape index (κ1) is 15.4. The van der Waals surface area contributed by atoms with Crippen LogP contribution in [0.2, 0.25) is 0 Å². The lowest BCUT2D eigenvalue weighted by Gasteiger charge is -2.20. The highest BCUT2D eigenvalue weighted by Crippen LogP contribution is 2.27. The van der Waals surface area contributed by atoms with Gasteiger partial charge in [-0.2, -0.15) is 0 Å². The molecule has 0 aliphatic carbocycles. The average molecular weight is 291 g/mol. The Morgan fingerprint density at radius 1 is 1.33 bits per heavy atom. The topological polar surface area (TPSA) is 60.7 Å². The number of carbonyl (C=O) groups is 1. The molecule has 0 atom stereocenters. The molecule has 0 saturated heterocycles. The first-order valence-electron chi connectivity index (χ1n) is 6.88. The molecule has 5 heteroatoms. The molecular formula is C16H21NO4. The summed E-state index contributed by atoms with van der Waals surface area (Å²) in [6.45, 7) is 5.51. The molecule has 0 radical (unpaired) electrons. The Morgan fingerprint density at radius 2 is 2.05 bits per heavy atom. The van der Waals surface area contributed by atoms with Gasteiger partial charge in [0.1, 0.15) is 11.4 Å². The number of hydrogen-bond acceptors (Lipinski definition) is 4. The third-order valence-corrected chi connectivity index (χ3v) is 3.06. The second-order valence-corrected chi connectivity index (χ2v) is 5.86. The summed E-state index contributed by atoms with van der Waals surface area (Å²) in [6, 6.07) is 5.56. The number of aliphatic hydroxyl groups is 1. The number of methoxy groups -OCH3 is 1. The third-order valence-electron chi connectivity index (χ3n) is 3.06. The van der Waals surface area contributed by atoms with E-state index in [1.807, 2.05) is 39.0 Å². The number of rotatable bonds is 3. The minimum Gasteiger partial charge on any atom is -0.496 e. The van der Waals surface area contributed by atoms with Crippen molar-refractivity contribution in [2.24, 2.45) is 0 Å². The summed E-state index contributed by atoms with van der Waals surface area (Å²) >= 11 is 0. The average Bonchev–Trinajstić information content (AvgIpc) is 2.79. The van der Waals surface area contributed by atoms with Crippen LogP contribution >= 0.6 is 0 Å². The molecule has 0 aliphatic rings. The number of aromatic nitrogens is 1. The Morgan fingerprint density at radius 3 is 2.62 bits per heavy atom. The van der Waals surface area contributed by atoms with E-state index < -0.39 is 11.7 Å². The maximum atomic E-state index is 12.2. The summed E-state index contributed by atoms with van der Waals surface area (Å²) in [6.07, 6.45) is 1.73. The van der Waals surface area contributed by atoms with Crippen molar-refractivity contribution in [2.45, 2.75) is 32.8 Å². The van der Waals surface area contributed by atoms with Crippen LogP contribution < -0.4 is 4.74 Å². The van der Waals surface area contributed by atoms with Gasteiger partial charge in [0.25, 0.3) is 0 Å². The summed E-state index contributed by atoms with van der Waals surface area (Å²) in [5.74, 6) is 0.707. The summed E-state index contributed by atoms with van der Waals surface area (Å²) in [5.41, 5.74) is 1.05. The Kier molecular flexibility index (Phi) is 4.23. The fourth-order valence-corrected chi connectivity index (χ4v) is 2.18. The van der Waals surface area contributed by atoms with Crippen LogP contribution in [-0.4, -0.2) is 35.1 Å². The zero-order chi connectivity index (χ0) is 15.6. The zero-order valence-corrected chi connectivity index (χ0v) is 12.8. The van der Waals surface area contributed by atoms with Crippen molar-refractivity contribution in [1.82, 2.24) is 4.57 Å². The van der Waals surface area contributed by atoms with Gasteiger partial charge in [-0.15, -0.1) is 0 Å². The van der Waals surface area contributed by atoms with Crippen LogP contribution in [0.25, 0.3) is 10.9 Å². The number of hydrogen-bond donors (Lipinski definition) is 1. The Labute approximate surface area is 124 Å². The van der Waals surface area contributed by atoms with Crippen LogP contribution in [0.5, 0.6) is 5.75 Å². The quantitative estimate of drug-likeness (QED) is 0.944. The van der Waals surface area contributed by atoms with Crippen molar-refractivity contribution in [3.8, 4) is 5.75 Å². The molecule has 114 valence electrons. The van der Waals surface area contributed by atoms with Gasteiger partial charge in [-0.25, -0.2) is 4.79 Å². The second-order valence-electron chi connectivity index (χ2n) is 5.86. The molecule has 1 N–H and O–H groups in total. The Bertz CT molecular complexity index is 652. The van der Waals surface area contributed by atoms with Crippen LogP contribution in [0.3, 0.4) is 0 Å². The van der Waals surface area contributed by atoms with E-state index >= 15 is 0 Å². The number of benzene rings is 1. The van der Waals surface area contributed by atoms with Gasteiger partial charge in [-0.3, -0.25) is 4.57 Å². The highest BCUT2D eigenvalue weighted by atomic mass is 16.6. The maximum absolute atomic E-state index is 12.2. The van der Waals surface area contributed by atoms with Gasteiger partial charge in [0.05, 0.1) is 12.6 Å². The monoisotopic (exact) mass is 291 g/mol. The molecule has 0 unspecified atom stereocenters. The number of fused-ring (bicyclic) bond motifs is 1. The van der Waals surface area contributed by atoms with E-state index in [-0.39, 0.29) is 6.61 Å².